The van der Waals surface area contributed by atoms with Gasteiger partial charge in [0.25, 0.3) is 0 Å². The number of hydrogen-bond donors (Lipinski definition) is 1. The van der Waals surface area contributed by atoms with Crippen LogP contribution in [0.25, 0.3) is 0 Å². The number of aliphatic hydroxyl groups excluding tert-OH is 1. The molecule has 0 amide bonds. The first kappa shape index (κ1) is 22.7. The quantitative estimate of drug-likeness (QED) is 0.699. The van der Waals surface area contributed by atoms with E-state index in [1.165, 1.54) is 72.9 Å². The van der Waals surface area contributed by atoms with Crippen molar-refractivity contribution in [2.45, 2.75) is 71.3 Å². The van der Waals surface area contributed by atoms with E-state index in [2.05, 4.69) is 47.9 Å². The Kier molecular flexibility index (Phi) is 6.94. The van der Waals surface area contributed by atoms with Crippen LogP contribution in [0.2, 0.25) is 0 Å². The summed E-state index contributed by atoms with van der Waals surface area (Å²) >= 11 is 0. The maximum Gasteiger partial charge on any atom is 0.123 e. The molecule has 0 radical (unpaired) electrons. The molecule has 1 N–H and O–H groups in total. The zero-order chi connectivity index (χ0) is 22.8. The summed E-state index contributed by atoms with van der Waals surface area (Å²) in [5, 5.41) is 10.8. The molecule has 1 heterocycles. The van der Waals surface area contributed by atoms with Crippen molar-refractivity contribution in [1.82, 2.24) is 4.90 Å². The van der Waals surface area contributed by atoms with E-state index in [0.29, 0.717) is 13.2 Å². The smallest absolute Gasteiger partial charge is 0.123 e. The largest absolute Gasteiger partial charge is 0.491 e. The minimum atomic E-state index is -0.451. The number of anilines is 1. The minimum absolute atomic E-state index is 0.391. The van der Waals surface area contributed by atoms with Crippen LogP contribution in [0.5, 0.6) is 5.75 Å². The molecule has 4 nitrogen and oxygen atoms in total. The second-order valence-electron chi connectivity index (χ2n) is 10.4. The van der Waals surface area contributed by atoms with E-state index in [4.69, 9.17) is 4.74 Å². The van der Waals surface area contributed by atoms with Crippen molar-refractivity contribution < 1.29 is 9.84 Å². The Balaban J connectivity index is 1.16. The van der Waals surface area contributed by atoms with Gasteiger partial charge in [-0.3, -0.25) is 4.90 Å². The Morgan fingerprint density at radius 2 is 1.52 bits per heavy atom. The molecule has 1 atom stereocenters. The van der Waals surface area contributed by atoms with E-state index in [1.807, 2.05) is 0 Å². The van der Waals surface area contributed by atoms with Gasteiger partial charge >= 0.3 is 0 Å². The van der Waals surface area contributed by atoms with Crippen molar-refractivity contribution in [2.75, 3.05) is 44.2 Å². The Labute approximate surface area is 199 Å². The maximum atomic E-state index is 10.8. The van der Waals surface area contributed by atoms with Crippen molar-refractivity contribution in [2.24, 2.45) is 0 Å². The summed E-state index contributed by atoms with van der Waals surface area (Å²) in [5.41, 5.74) is 10.2. The normalized spacial score (nSPS) is 19.7. The number of piperazine rings is 1. The number of β-amino-alcohol motifs (C(OH)–C–C–N with tert-alkyl or cyclic N) is 1. The second-order valence-corrected chi connectivity index (χ2v) is 10.4. The van der Waals surface area contributed by atoms with Gasteiger partial charge in [-0.2, -0.15) is 0 Å². The molecule has 0 aromatic heterocycles. The van der Waals surface area contributed by atoms with Crippen LogP contribution in [-0.2, 0) is 25.7 Å². The molecule has 1 unspecified atom stereocenters. The number of ether oxygens (including phenoxy) is 1. The molecule has 33 heavy (non-hydrogen) atoms. The van der Waals surface area contributed by atoms with Gasteiger partial charge in [0.05, 0.1) is 0 Å². The summed E-state index contributed by atoms with van der Waals surface area (Å²) in [6.07, 6.45) is 9.51. The maximum absolute atomic E-state index is 10.8. The van der Waals surface area contributed by atoms with Gasteiger partial charge in [0.2, 0.25) is 0 Å². The fourth-order valence-corrected chi connectivity index (χ4v) is 5.96. The third kappa shape index (κ3) is 5.07. The summed E-state index contributed by atoms with van der Waals surface area (Å²) < 4.78 is 6.30. The standard InChI is InChI=1S/C29H40N2O2/c1-21-11-12-24(17-22(21)2)31-15-13-30(14-16-31)19-25(32)20-33-29-18-23-7-3-4-8-26(23)27-9-5-6-10-28(27)29/h11-12,17-18,25,32H,3-10,13-16,19-20H2,1-2H3. The molecule has 2 aromatic rings. The zero-order valence-corrected chi connectivity index (χ0v) is 20.5. The molecule has 0 spiro atoms. The third-order valence-electron chi connectivity index (χ3n) is 8.07. The fraction of sp³-hybridized carbons (Fsp3) is 0.586. The van der Waals surface area contributed by atoms with Gasteiger partial charge in [0.15, 0.2) is 0 Å². The van der Waals surface area contributed by atoms with Gasteiger partial charge in [-0.25, -0.2) is 0 Å². The van der Waals surface area contributed by atoms with Gasteiger partial charge in [-0.05, 0) is 117 Å². The van der Waals surface area contributed by atoms with Gasteiger partial charge in [-0.1, -0.05) is 6.07 Å². The summed E-state index contributed by atoms with van der Waals surface area (Å²) in [7, 11) is 0. The molecule has 4 heteroatoms. The van der Waals surface area contributed by atoms with Crippen molar-refractivity contribution in [3.63, 3.8) is 0 Å². The van der Waals surface area contributed by atoms with Gasteiger partial charge < -0.3 is 14.7 Å². The molecule has 2 aliphatic carbocycles. The van der Waals surface area contributed by atoms with Crippen LogP contribution in [0.15, 0.2) is 24.3 Å². The number of hydrogen-bond acceptors (Lipinski definition) is 4. The van der Waals surface area contributed by atoms with Crippen LogP contribution in [0.3, 0.4) is 0 Å². The van der Waals surface area contributed by atoms with Crippen molar-refractivity contribution in [3.05, 3.63) is 57.6 Å². The molecule has 5 rings (SSSR count). The number of aryl methyl sites for hydroxylation is 3. The summed E-state index contributed by atoms with van der Waals surface area (Å²) in [6.45, 7) is 9.42. The topological polar surface area (TPSA) is 35.9 Å². The Hall–Kier alpha value is -2.04. The van der Waals surface area contributed by atoms with Crippen LogP contribution in [-0.4, -0.2) is 55.4 Å². The number of rotatable bonds is 6. The lowest BCUT2D eigenvalue weighted by Crippen LogP contribution is -2.49. The van der Waals surface area contributed by atoms with Crippen LogP contribution < -0.4 is 9.64 Å². The highest BCUT2D eigenvalue weighted by Crippen LogP contribution is 2.38. The minimum Gasteiger partial charge on any atom is -0.491 e. The van der Waals surface area contributed by atoms with Gasteiger partial charge in [0, 0.05) is 38.4 Å². The van der Waals surface area contributed by atoms with E-state index in [1.54, 1.807) is 11.1 Å². The SMILES string of the molecule is Cc1ccc(N2CCN(CC(O)COc3cc4c(c5c3CCCC5)CCCC4)CC2)cc1C. The van der Waals surface area contributed by atoms with Crippen molar-refractivity contribution >= 4 is 5.69 Å². The Bertz CT molecular complexity index is 978. The number of aliphatic hydroxyl groups is 1. The monoisotopic (exact) mass is 448 g/mol. The zero-order valence-electron chi connectivity index (χ0n) is 20.5. The fourth-order valence-electron chi connectivity index (χ4n) is 5.96. The lowest BCUT2D eigenvalue weighted by molar-refractivity contribution is 0.0658. The first-order chi connectivity index (χ1) is 16.1. The van der Waals surface area contributed by atoms with Crippen LogP contribution in [0.1, 0.15) is 59.1 Å². The number of nitrogens with zero attached hydrogens (tertiary/aromatic N) is 2. The van der Waals surface area contributed by atoms with Gasteiger partial charge in [-0.15, -0.1) is 0 Å². The van der Waals surface area contributed by atoms with E-state index < -0.39 is 6.10 Å². The molecule has 1 saturated heterocycles. The highest BCUT2D eigenvalue weighted by Gasteiger charge is 2.24. The molecule has 3 aliphatic rings. The van der Waals surface area contributed by atoms with E-state index >= 15 is 0 Å². The Morgan fingerprint density at radius 1 is 0.818 bits per heavy atom. The molecule has 0 bridgehead atoms. The number of fused-ring (bicyclic) bond motifs is 3. The molecule has 0 saturated carbocycles. The van der Waals surface area contributed by atoms with E-state index in [-0.39, 0.29) is 0 Å². The summed E-state index contributed by atoms with van der Waals surface area (Å²) in [5.74, 6) is 1.06. The van der Waals surface area contributed by atoms with Crippen LogP contribution >= 0.6 is 0 Å². The average molecular weight is 449 g/mol. The van der Waals surface area contributed by atoms with E-state index in [9.17, 15) is 5.11 Å². The van der Waals surface area contributed by atoms with Crippen LogP contribution in [0, 0.1) is 13.8 Å². The van der Waals surface area contributed by atoms with Gasteiger partial charge in [0.1, 0.15) is 18.5 Å². The highest BCUT2D eigenvalue weighted by molar-refractivity contribution is 5.52. The first-order valence-electron chi connectivity index (χ1n) is 13.1. The van der Waals surface area contributed by atoms with Crippen LogP contribution in [0.4, 0.5) is 5.69 Å². The molecular formula is C29H40N2O2. The lowest BCUT2D eigenvalue weighted by Gasteiger charge is -2.37. The first-order valence-corrected chi connectivity index (χ1v) is 13.1. The van der Waals surface area contributed by atoms with Crippen molar-refractivity contribution in [1.29, 1.82) is 0 Å². The molecule has 178 valence electrons. The summed E-state index contributed by atoms with van der Waals surface area (Å²) in [4.78, 5) is 4.85. The third-order valence-corrected chi connectivity index (χ3v) is 8.07. The highest BCUT2D eigenvalue weighted by atomic mass is 16.5. The van der Waals surface area contributed by atoms with Crippen molar-refractivity contribution in [3.8, 4) is 5.75 Å². The number of benzene rings is 2. The molecule has 1 fully saturated rings. The molecule has 2 aromatic carbocycles. The Morgan fingerprint density at radius 3 is 2.27 bits per heavy atom. The lowest BCUT2D eigenvalue weighted by atomic mass is 9.80. The van der Waals surface area contributed by atoms with E-state index in [0.717, 1.165) is 38.3 Å². The summed E-state index contributed by atoms with van der Waals surface area (Å²) in [6, 6.07) is 9.07. The average Bonchev–Trinajstić information content (AvgIpc) is 2.85. The second kappa shape index (κ2) is 10.1. The predicted molar refractivity (Wildman–Crippen MR) is 136 cm³/mol. The predicted octanol–water partition coefficient (Wildman–Crippen LogP) is 4.62. The molecular weight excluding hydrogens is 408 g/mol. The molecule has 1 aliphatic heterocycles.